The molecule has 1 unspecified atom stereocenters. The molecule has 1 heterocycles. The highest BCUT2D eigenvalue weighted by Crippen LogP contribution is 2.35. The van der Waals surface area contributed by atoms with E-state index in [1.54, 1.807) is 12.1 Å². The Morgan fingerprint density at radius 2 is 2.17 bits per heavy atom. The minimum Gasteiger partial charge on any atom is -0.330 e. The van der Waals surface area contributed by atoms with E-state index >= 15 is 0 Å². The summed E-state index contributed by atoms with van der Waals surface area (Å²) in [5, 5.41) is 0.331. The summed E-state index contributed by atoms with van der Waals surface area (Å²) in [7, 11) is -3.04. The summed E-state index contributed by atoms with van der Waals surface area (Å²) in [6, 6.07) is 4.44. The fraction of sp³-hybridized carbons (Fsp3) is 0.500. The second-order valence-electron chi connectivity index (χ2n) is 4.96. The van der Waals surface area contributed by atoms with E-state index in [4.69, 9.17) is 17.3 Å². The molecule has 1 aromatic rings. The number of sulfone groups is 1. The quantitative estimate of drug-likeness (QED) is 0.923. The molecule has 0 aromatic heterocycles. The van der Waals surface area contributed by atoms with Crippen LogP contribution in [0.2, 0.25) is 5.02 Å². The number of hydrogen-bond acceptors (Lipinski definition) is 3. The lowest BCUT2D eigenvalue weighted by Crippen LogP contribution is -2.34. The molecule has 2 N–H and O–H groups in total. The highest BCUT2D eigenvalue weighted by atomic mass is 35.5. The van der Waals surface area contributed by atoms with Gasteiger partial charge in [-0.15, -0.1) is 0 Å². The first kappa shape index (κ1) is 13.8. The summed E-state index contributed by atoms with van der Waals surface area (Å²) >= 11 is 5.69. The Bertz CT molecular complexity index is 561. The fourth-order valence-corrected chi connectivity index (χ4v) is 4.77. The molecule has 0 radical (unpaired) electrons. The second-order valence-corrected chi connectivity index (χ2v) is 7.58. The lowest BCUT2D eigenvalue weighted by molar-refractivity contribution is 0.339. The first-order chi connectivity index (χ1) is 8.36. The van der Waals surface area contributed by atoms with E-state index in [1.165, 1.54) is 6.07 Å². The van der Waals surface area contributed by atoms with E-state index in [1.807, 2.05) is 0 Å². The van der Waals surface area contributed by atoms with Crippen LogP contribution in [0.15, 0.2) is 18.2 Å². The van der Waals surface area contributed by atoms with Gasteiger partial charge in [-0.2, -0.15) is 0 Å². The SMILES string of the molecule is NCC1(Cc2ccc(Cl)cc2F)CCS(=O)(=O)C1. The molecule has 1 saturated heterocycles. The predicted octanol–water partition coefficient (Wildman–Crippen LogP) is 1.79. The smallest absolute Gasteiger partial charge is 0.150 e. The number of nitrogens with two attached hydrogens (primary N) is 1. The van der Waals surface area contributed by atoms with Crippen molar-refractivity contribution < 1.29 is 12.8 Å². The molecule has 0 spiro atoms. The minimum atomic E-state index is -3.04. The van der Waals surface area contributed by atoms with Crippen molar-refractivity contribution in [2.75, 3.05) is 18.1 Å². The van der Waals surface area contributed by atoms with Crippen molar-refractivity contribution in [3.8, 4) is 0 Å². The topological polar surface area (TPSA) is 60.2 Å². The molecular weight excluding hydrogens is 277 g/mol. The maximum atomic E-state index is 13.7. The van der Waals surface area contributed by atoms with Gasteiger partial charge in [-0.05, 0) is 37.1 Å². The van der Waals surface area contributed by atoms with Crippen molar-refractivity contribution >= 4 is 21.4 Å². The van der Waals surface area contributed by atoms with Crippen LogP contribution in [0.4, 0.5) is 4.39 Å². The van der Waals surface area contributed by atoms with Crippen molar-refractivity contribution in [3.05, 3.63) is 34.6 Å². The van der Waals surface area contributed by atoms with E-state index < -0.39 is 21.1 Å². The van der Waals surface area contributed by atoms with Crippen LogP contribution in [-0.2, 0) is 16.3 Å². The molecule has 3 nitrogen and oxygen atoms in total. The molecule has 1 fully saturated rings. The van der Waals surface area contributed by atoms with Crippen LogP contribution in [0, 0.1) is 11.2 Å². The van der Waals surface area contributed by atoms with Gasteiger partial charge in [0.2, 0.25) is 0 Å². The zero-order valence-electron chi connectivity index (χ0n) is 9.83. The Morgan fingerprint density at radius 3 is 2.67 bits per heavy atom. The van der Waals surface area contributed by atoms with Gasteiger partial charge in [0.1, 0.15) is 5.82 Å². The van der Waals surface area contributed by atoms with Crippen LogP contribution in [-0.4, -0.2) is 26.5 Å². The molecule has 0 aliphatic carbocycles. The molecule has 0 bridgehead atoms. The summed E-state index contributed by atoms with van der Waals surface area (Å²) in [5.74, 6) is -0.225. The summed E-state index contributed by atoms with van der Waals surface area (Å²) in [4.78, 5) is 0. The summed E-state index contributed by atoms with van der Waals surface area (Å²) < 4.78 is 36.9. The van der Waals surface area contributed by atoms with Crippen LogP contribution in [0.25, 0.3) is 0 Å². The molecule has 0 saturated carbocycles. The third-order valence-electron chi connectivity index (χ3n) is 3.48. The Hall–Kier alpha value is -0.650. The lowest BCUT2D eigenvalue weighted by atomic mass is 9.81. The zero-order chi connectivity index (χ0) is 13.4. The first-order valence-corrected chi connectivity index (χ1v) is 7.90. The third kappa shape index (κ3) is 2.84. The maximum absolute atomic E-state index is 13.7. The van der Waals surface area contributed by atoms with Gasteiger partial charge in [-0.1, -0.05) is 17.7 Å². The second kappa shape index (κ2) is 4.79. The van der Waals surface area contributed by atoms with E-state index in [9.17, 15) is 12.8 Å². The van der Waals surface area contributed by atoms with Gasteiger partial charge in [0.25, 0.3) is 0 Å². The monoisotopic (exact) mass is 291 g/mol. The van der Waals surface area contributed by atoms with Crippen LogP contribution >= 0.6 is 11.6 Å². The molecule has 1 atom stereocenters. The first-order valence-electron chi connectivity index (χ1n) is 5.70. The summed E-state index contributed by atoms with van der Waals surface area (Å²) in [5.41, 5.74) is 5.64. The van der Waals surface area contributed by atoms with E-state index in [-0.39, 0.29) is 18.1 Å². The van der Waals surface area contributed by atoms with Gasteiger partial charge in [-0.3, -0.25) is 0 Å². The zero-order valence-corrected chi connectivity index (χ0v) is 11.4. The maximum Gasteiger partial charge on any atom is 0.150 e. The molecule has 6 heteroatoms. The number of benzene rings is 1. The summed E-state index contributed by atoms with van der Waals surface area (Å²) in [6.45, 7) is 0.244. The molecular formula is C12H15ClFNO2S. The summed E-state index contributed by atoms with van der Waals surface area (Å²) in [6.07, 6.45) is 0.833. The Morgan fingerprint density at radius 1 is 1.44 bits per heavy atom. The largest absolute Gasteiger partial charge is 0.330 e. The standard InChI is InChI=1S/C12H15ClFNO2S/c13-10-2-1-9(11(14)5-10)6-12(7-15)3-4-18(16,17)8-12/h1-2,5H,3-4,6-8,15H2. The highest BCUT2D eigenvalue weighted by Gasteiger charge is 2.41. The van der Waals surface area contributed by atoms with Crippen molar-refractivity contribution in [2.45, 2.75) is 12.8 Å². The lowest BCUT2D eigenvalue weighted by Gasteiger charge is -2.26. The van der Waals surface area contributed by atoms with Gasteiger partial charge in [0, 0.05) is 10.4 Å². The van der Waals surface area contributed by atoms with Crippen LogP contribution in [0.5, 0.6) is 0 Å². The van der Waals surface area contributed by atoms with E-state index in [2.05, 4.69) is 0 Å². The van der Waals surface area contributed by atoms with Crippen molar-refractivity contribution in [1.29, 1.82) is 0 Å². The van der Waals surface area contributed by atoms with Crippen LogP contribution in [0.3, 0.4) is 0 Å². The van der Waals surface area contributed by atoms with E-state index in [0.717, 1.165) is 0 Å². The molecule has 1 aliphatic heterocycles. The Kier molecular flexibility index (Phi) is 3.67. The molecule has 18 heavy (non-hydrogen) atoms. The highest BCUT2D eigenvalue weighted by molar-refractivity contribution is 7.91. The molecule has 0 amide bonds. The van der Waals surface area contributed by atoms with Crippen LogP contribution in [0.1, 0.15) is 12.0 Å². The molecule has 100 valence electrons. The average molecular weight is 292 g/mol. The van der Waals surface area contributed by atoms with Gasteiger partial charge >= 0.3 is 0 Å². The average Bonchev–Trinajstić information content (AvgIpc) is 2.59. The van der Waals surface area contributed by atoms with Gasteiger partial charge in [0.15, 0.2) is 9.84 Å². The minimum absolute atomic E-state index is 0.0402. The predicted molar refractivity (Wildman–Crippen MR) is 69.9 cm³/mol. The molecule has 2 rings (SSSR count). The van der Waals surface area contributed by atoms with Crippen LogP contribution < -0.4 is 5.73 Å². The number of halogens is 2. The van der Waals surface area contributed by atoms with Gasteiger partial charge in [0.05, 0.1) is 11.5 Å². The Balaban J connectivity index is 2.26. The van der Waals surface area contributed by atoms with Crippen molar-refractivity contribution in [2.24, 2.45) is 11.1 Å². The number of hydrogen-bond donors (Lipinski definition) is 1. The normalized spacial score (nSPS) is 26.4. The fourth-order valence-electron chi connectivity index (χ4n) is 2.42. The molecule has 1 aliphatic rings. The Labute approximate surface area is 111 Å². The van der Waals surface area contributed by atoms with Crippen molar-refractivity contribution in [1.82, 2.24) is 0 Å². The van der Waals surface area contributed by atoms with Crippen molar-refractivity contribution in [3.63, 3.8) is 0 Å². The van der Waals surface area contributed by atoms with Gasteiger partial charge < -0.3 is 5.73 Å². The third-order valence-corrected chi connectivity index (χ3v) is 5.60. The van der Waals surface area contributed by atoms with Gasteiger partial charge in [-0.25, -0.2) is 12.8 Å². The number of rotatable bonds is 3. The molecule has 1 aromatic carbocycles. The van der Waals surface area contributed by atoms with E-state index in [0.29, 0.717) is 23.4 Å².